The van der Waals surface area contributed by atoms with Crippen molar-refractivity contribution >= 4 is 23.0 Å². The van der Waals surface area contributed by atoms with Crippen LogP contribution in [0.5, 0.6) is 17.4 Å². The van der Waals surface area contributed by atoms with Crippen molar-refractivity contribution in [2.24, 2.45) is 0 Å². The van der Waals surface area contributed by atoms with Gasteiger partial charge in [0.25, 0.3) is 0 Å². The predicted octanol–water partition coefficient (Wildman–Crippen LogP) is 3.13. The van der Waals surface area contributed by atoms with Crippen molar-refractivity contribution in [3.63, 3.8) is 0 Å². The molecule has 30 heavy (non-hydrogen) atoms. The van der Waals surface area contributed by atoms with Gasteiger partial charge < -0.3 is 14.2 Å². The highest BCUT2D eigenvalue weighted by atomic mass is 35.5. The highest BCUT2D eigenvalue weighted by Gasteiger charge is 2.17. The monoisotopic (exact) mass is 433 g/mol. The van der Waals surface area contributed by atoms with Crippen LogP contribution in [-0.2, 0) is 6.54 Å². The van der Waals surface area contributed by atoms with Gasteiger partial charge in [0.15, 0.2) is 22.9 Å². The van der Waals surface area contributed by atoms with E-state index < -0.39 is 0 Å². The van der Waals surface area contributed by atoms with Gasteiger partial charge in [-0.3, -0.25) is 10.2 Å². The molecule has 0 aliphatic rings. The highest BCUT2D eigenvalue weighted by Crippen LogP contribution is 2.36. The van der Waals surface area contributed by atoms with Gasteiger partial charge in [0.2, 0.25) is 11.5 Å². The van der Waals surface area contributed by atoms with E-state index in [0.29, 0.717) is 28.6 Å². The van der Waals surface area contributed by atoms with Crippen LogP contribution in [0.4, 0.5) is 0 Å². The SMILES string of the molecule is CCC(CC)Oc1ccc2nn(CC(=O)c3cc(Cl)c(OC)c(OC)c3)c(=N)n2n1. The number of ether oxygens (including phenoxy) is 3. The van der Waals surface area contributed by atoms with Crippen LogP contribution in [0.2, 0.25) is 5.02 Å². The van der Waals surface area contributed by atoms with Crippen molar-refractivity contribution in [3.8, 4) is 17.4 Å². The molecule has 1 N–H and O–H groups in total. The molecule has 0 bridgehead atoms. The van der Waals surface area contributed by atoms with Crippen molar-refractivity contribution in [2.75, 3.05) is 14.2 Å². The summed E-state index contributed by atoms with van der Waals surface area (Å²) in [5, 5.41) is 17.2. The molecule has 9 nitrogen and oxygen atoms in total. The predicted molar refractivity (Wildman–Crippen MR) is 111 cm³/mol. The minimum absolute atomic E-state index is 0.0417. The first-order chi connectivity index (χ1) is 14.4. The molecule has 2 aromatic heterocycles. The molecule has 0 saturated carbocycles. The molecule has 0 saturated heterocycles. The number of nitrogens with one attached hydrogen (secondary N) is 1. The van der Waals surface area contributed by atoms with E-state index in [9.17, 15) is 4.79 Å². The number of rotatable bonds is 9. The van der Waals surface area contributed by atoms with Crippen LogP contribution in [0.1, 0.15) is 37.0 Å². The number of methoxy groups -OCH3 is 2. The van der Waals surface area contributed by atoms with Crippen LogP contribution in [0.25, 0.3) is 5.65 Å². The van der Waals surface area contributed by atoms with Crippen LogP contribution in [0, 0.1) is 5.41 Å². The highest BCUT2D eigenvalue weighted by molar-refractivity contribution is 6.32. The number of hydrogen-bond acceptors (Lipinski definition) is 7. The summed E-state index contributed by atoms with van der Waals surface area (Å²) in [5.74, 6) is 0.830. The Morgan fingerprint density at radius 3 is 2.53 bits per heavy atom. The van der Waals surface area contributed by atoms with Crippen molar-refractivity contribution in [1.29, 1.82) is 5.41 Å². The van der Waals surface area contributed by atoms with Gasteiger partial charge in [-0.05, 0) is 31.0 Å². The molecule has 0 amide bonds. The van der Waals surface area contributed by atoms with E-state index in [4.69, 9.17) is 31.2 Å². The van der Waals surface area contributed by atoms with E-state index in [2.05, 4.69) is 10.2 Å². The Kier molecular flexibility index (Phi) is 6.61. The van der Waals surface area contributed by atoms with Crippen LogP contribution in [0.3, 0.4) is 0 Å². The number of fused-ring (bicyclic) bond motifs is 1. The van der Waals surface area contributed by atoms with Crippen LogP contribution in [-0.4, -0.2) is 45.5 Å². The summed E-state index contributed by atoms with van der Waals surface area (Å²) < 4.78 is 18.9. The third-order valence-electron chi connectivity index (χ3n) is 4.71. The largest absolute Gasteiger partial charge is 0.493 e. The lowest BCUT2D eigenvalue weighted by molar-refractivity contribution is 0.0965. The number of benzene rings is 1. The minimum Gasteiger partial charge on any atom is -0.493 e. The molecule has 1 aromatic carbocycles. The molecule has 0 aliphatic heterocycles. The Morgan fingerprint density at radius 1 is 1.17 bits per heavy atom. The fourth-order valence-electron chi connectivity index (χ4n) is 3.02. The average molecular weight is 434 g/mol. The molecule has 0 unspecified atom stereocenters. The van der Waals surface area contributed by atoms with Gasteiger partial charge in [-0.1, -0.05) is 25.4 Å². The van der Waals surface area contributed by atoms with Gasteiger partial charge in [-0.2, -0.15) is 4.52 Å². The molecule has 0 atom stereocenters. The molecule has 3 aromatic rings. The molecule has 0 aliphatic carbocycles. The Labute approximate surface area is 178 Å². The lowest BCUT2D eigenvalue weighted by Gasteiger charge is -2.14. The molecule has 160 valence electrons. The Balaban J connectivity index is 1.89. The first kappa shape index (κ1) is 21.6. The van der Waals surface area contributed by atoms with Crippen LogP contribution >= 0.6 is 11.6 Å². The first-order valence-corrected chi connectivity index (χ1v) is 9.92. The third-order valence-corrected chi connectivity index (χ3v) is 4.99. The lowest BCUT2D eigenvalue weighted by atomic mass is 10.1. The summed E-state index contributed by atoms with van der Waals surface area (Å²) in [6.07, 6.45) is 1.77. The first-order valence-electron chi connectivity index (χ1n) is 9.54. The third kappa shape index (κ3) is 4.25. The topological polar surface area (TPSA) is 104 Å². The van der Waals surface area contributed by atoms with Crippen LogP contribution < -0.4 is 19.8 Å². The summed E-state index contributed by atoms with van der Waals surface area (Å²) in [6.45, 7) is 3.93. The molecule has 10 heteroatoms. The zero-order valence-corrected chi connectivity index (χ0v) is 18.1. The maximum atomic E-state index is 12.8. The van der Waals surface area contributed by atoms with E-state index in [1.54, 1.807) is 18.2 Å². The van der Waals surface area contributed by atoms with Crippen LogP contribution in [0.15, 0.2) is 24.3 Å². The molecule has 0 radical (unpaired) electrons. The molecule has 0 spiro atoms. The standard InChI is InChI=1S/C20H24ClN5O4/c1-5-13(6-2)30-18-8-7-17-23-25(20(22)26(17)24-18)11-15(27)12-9-14(21)19(29-4)16(10-12)28-3/h7-10,13,22H,5-6,11H2,1-4H3. The summed E-state index contributed by atoms with van der Waals surface area (Å²) in [6, 6.07) is 6.47. The molecule has 2 heterocycles. The number of halogens is 1. The zero-order valence-electron chi connectivity index (χ0n) is 17.3. The quantitative estimate of drug-likeness (QED) is 0.520. The van der Waals surface area contributed by atoms with E-state index in [0.717, 1.165) is 12.8 Å². The maximum absolute atomic E-state index is 12.8. The lowest BCUT2D eigenvalue weighted by Crippen LogP contribution is -2.26. The summed E-state index contributed by atoms with van der Waals surface area (Å²) >= 11 is 6.19. The number of carbonyl (C=O) groups excluding carboxylic acids is 1. The molecule has 3 rings (SSSR count). The summed E-state index contributed by atoms with van der Waals surface area (Å²) in [4.78, 5) is 12.8. The molecule has 0 fully saturated rings. The maximum Gasteiger partial charge on any atom is 0.242 e. The Bertz CT molecular complexity index is 1120. The van der Waals surface area contributed by atoms with Gasteiger partial charge in [0.1, 0.15) is 6.54 Å². The zero-order chi connectivity index (χ0) is 21.8. The minimum atomic E-state index is -0.284. The molecular weight excluding hydrogens is 410 g/mol. The number of carbonyl (C=O) groups is 1. The summed E-state index contributed by atoms with van der Waals surface area (Å²) in [5.41, 5.74) is 0.724. The second-order valence-electron chi connectivity index (χ2n) is 6.60. The van der Waals surface area contributed by atoms with Gasteiger partial charge >= 0.3 is 0 Å². The van der Waals surface area contributed by atoms with E-state index >= 15 is 0 Å². The normalized spacial score (nSPS) is 11.1. The van der Waals surface area contributed by atoms with Gasteiger partial charge in [-0.15, -0.1) is 10.2 Å². The fraction of sp³-hybridized carbons (Fsp3) is 0.400. The van der Waals surface area contributed by atoms with E-state index in [1.807, 2.05) is 13.8 Å². The summed E-state index contributed by atoms with van der Waals surface area (Å²) in [7, 11) is 2.94. The van der Waals surface area contributed by atoms with Crippen molar-refractivity contribution < 1.29 is 19.0 Å². The Morgan fingerprint density at radius 2 is 1.90 bits per heavy atom. The van der Waals surface area contributed by atoms with Gasteiger partial charge in [-0.25, -0.2) is 4.68 Å². The average Bonchev–Trinajstić information content (AvgIpc) is 3.06. The van der Waals surface area contributed by atoms with Gasteiger partial charge in [0, 0.05) is 11.6 Å². The van der Waals surface area contributed by atoms with Gasteiger partial charge in [0.05, 0.1) is 25.3 Å². The van der Waals surface area contributed by atoms with E-state index in [1.165, 1.54) is 29.5 Å². The number of hydrogen-bond donors (Lipinski definition) is 1. The second kappa shape index (κ2) is 9.17. The van der Waals surface area contributed by atoms with Crippen molar-refractivity contribution in [2.45, 2.75) is 39.3 Å². The second-order valence-corrected chi connectivity index (χ2v) is 7.00. The number of ketones is 1. The van der Waals surface area contributed by atoms with E-state index in [-0.39, 0.29) is 29.1 Å². The molecular formula is C20H24ClN5O4. The fourth-order valence-corrected chi connectivity index (χ4v) is 3.30. The van der Waals surface area contributed by atoms with Crippen molar-refractivity contribution in [1.82, 2.24) is 19.4 Å². The smallest absolute Gasteiger partial charge is 0.242 e. The number of Topliss-reactive ketones (excluding diaryl/α,β-unsaturated/α-hetero) is 1. The Hall–Kier alpha value is -3.07. The van der Waals surface area contributed by atoms with Crippen molar-refractivity contribution in [3.05, 3.63) is 40.5 Å². The number of nitrogens with zero attached hydrogens (tertiary/aromatic N) is 4. The number of aromatic nitrogens is 4.